The van der Waals surface area contributed by atoms with Crippen LogP contribution in [0.15, 0.2) is 24.5 Å². The summed E-state index contributed by atoms with van der Waals surface area (Å²) in [5.41, 5.74) is 1.08. The zero-order valence-electron chi connectivity index (χ0n) is 10.7. The van der Waals surface area contributed by atoms with Crippen molar-refractivity contribution in [3.8, 4) is 0 Å². The van der Waals surface area contributed by atoms with Crippen LogP contribution in [0.3, 0.4) is 0 Å². The van der Waals surface area contributed by atoms with Crippen molar-refractivity contribution in [2.24, 2.45) is 0 Å². The first kappa shape index (κ1) is 12.8. The van der Waals surface area contributed by atoms with Crippen LogP contribution in [0.1, 0.15) is 23.2 Å². The summed E-state index contributed by atoms with van der Waals surface area (Å²) in [7, 11) is 0. The maximum Gasteiger partial charge on any atom is 0.127 e. The number of pyridine rings is 1. The molecule has 2 rings (SSSR count). The van der Waals surface area contributed by atoms with Gasteiger partial charge in [0.2, 0.25) is 0 Å². The zero-order chi connectivity index (χ0) is 12.8. The molecule has 2 heterocycles. The molecule has 0 aromatic carbocycles. The van der Waals surface area contributed by atoms with Gasteiger partial charge in [0.15, 0.2) is 0 Å². The molecule has 0 aliphatic heterocycles. The van der Waals surface area contributed by atoms with Crippen LogP contribution in [0.2, 0.25) is 0 Å². The van der Waals surface area contributed by atoms with E-state index < -0.39 is 0 Å². The number of aromatic nitrogens is 2. The average Bonchev–Trinajstić information content (AvgIpc) is 2.80. The predicted molar refractivity (Wildman–Crippen MR) is 77.2 cm³/mol. The lowest BCUT2D eigenvalue weighted by atomic mass is 10.3. The molecule has 0 aliphatic carbocycles. The molecule has 4 nitrogen and oxygen atoms in total. The average molecular weight is 262 g/mol. The molecule has 0 atom stereocenters. The third-order valence-electron chi connectivity index (χ3n) is 2.45. The maximum absolute atomic E-state index is 4.28. The third kappa shape index (κ3) is 3.70. The number of hydrogen-bond acceptors (Lipinski definition) is 5. The standard InChI is InChI=1S/C13H18N4S/c1-3-5-14-13-7-11(4-6-15-13)17-9-12-8-16-10(2)18-12/h4,6-8H,3,5,9H2,1-2H3,(H2,14,15,17). The van der Waals surface area contributed by atoms with E-state index in [1.165, 1.54) is 4.88 Å². The lowest BCUT2D eigenvalue weighted by molar-refractivity contribution is 0.969. The van der Waals surface area contributed by atoms with Gasteiger partial charge in [-0.2, -0.15) is 0 Å². The Morgan fingerprint density at radius 1 is 1.28 bits per heavy atom. The molecule has 0 amide bonds. The number of thiazole rings is 1. The van der Waals surface area contributed by atoms with E-state index in [2.05, 4.69) is 27.5 Å². The van der Waals surface area contributed by atoms with E-state index in [0.29, 0.717) is 0 Å². The highest BCUT2D eigenvalue weighted by molar-refractivity contribution is 7.11. The van der Waals surface area contributed by atoms with Gasteiger partial charge in [0.05, 0.1) is 11.6 Å². The second-order valence-electron chi connectivity index (χ2n) is 4.06. The van der Waals surface area contributed by atoms with E-state index in [1.807, 2.05) is 31.5 Å². The summed E-state index contributed by atoms with van der Waals surface area (Å²) < 4.78 is 0. The number of nitrogens with one attached hydrogen (secondary N) is 2. The minimum atomic E-state index is 0.808. The molecule has 0 bridgehead atoms. The molecular weight excluding hydrogens is 244 g/mol. The number of anilines is 2. The summed E-state index contributed by atoms with van der Waals surface area (Å²) in [6.07, 6.45) is 4.84. The van der Waals surface area contributed by atoms with Crippen molar-refractivity contribution >= 4 is 22.8 Å². The Balaban J connectivity index is 1.92. The van der Waals surface area contributed by atoms with Crippen LogP contribution in [-0.4, -0.2) is 16.5 Å². The van der Waals surface area contributed by atoms with Crippen molar-refractivity contribution in [3.63, 3.8) is 0 Å². The van der Waals surface area contributed by atoms with Gasteiger partial charge < -0.3 is 10.6 Å². The number of hydrogen-bond donors (Lipinski definition) is 2. The highest BCUT2D eigenvalue weighted by atomic mass is 32.1. The summed E-state index contributed by atoms with van der Waals surface area (Å²) in [6.45, 7) is 5.92. The fourth-order valence-electron chi connectivity index (χ4n) is 1.57. The quantitative estimate of drug-likeness (QED) is 0.839. The van der Waals surface area contributed by atoms with Crippen molar-refractivity contribution in [2.45, 2.75) is 26.8 Å². The summed E-state index contributed by atoms with van der Waals surface area (Å²) in [6, 6.07) is 4.01. The van der Waals surface area contributed by atoms with E-state index in [-0.39, 0.29) is 0 Å². The monoisotopic (exact) mass is 262 g/mol. The minimum Gasteiger partial charge on any atom is -0.380 e. The van der Waals surface area contributed by atoms with Gasteiger partial charge in [0, 0.05) is 35.6 Å². The Labute approximate surface area is 111 Å². The van der Waals surface area contributed by atoms with Gasteiger partial charge in [0.25, 0.3) is 0 Å². The normalized spacial score (nSPS) is 10.3. The van der Waals surface area contributed by atoms with Crippen LogP contribution in [0.4, 0.5) is 11.5 Å². The maximum atomic E-state index is 4.28. The molecule has 0 radical (unpaired) electrons. The Bertz CT molecular complexity index is 495. The van der Waals surface area contributed by atoms with Crippen LogP contribution in [0.5, 0.6) is 0 Å². The predicted octanol–water partition coefficient (Wildman–Crippen LogP) is 3.28. The fourth-order valence-corrected chi connectivity index (χ4v) is 2.30. The van der Waals surface area contributed by atoms with Crippen LogP contribution >= 0.6 is 11.3 Å². The van der Waals surface area contributed by atoms with Crippen LogP contribution < -0.4 is 10.6 Å². The molecule has 0 saturated heterocycles. The van der Waals surface area contributed by atoms with Gasteiger partial charge in [-0.25, -0.2) is 9.97 Å². The summed E-state index contributed by atoms with van der Waals surface area (Å²) in [5, 5.41) is 7.76. The lowest BCUT2D eigenvalue weighted by Crippen LogP contribution is -2.03. The largest absolute Gasteiger partial charge is 0.380 e. The number of rotatable bonds is 6. The topological polar surface area (TPSA) is 49.8 Å². The van der Waals surface area contributed by atoms with E-state index in [0.717, 1.165) is 36.0 Å². The molecule has 96 valence electrons. The molecule has 18 heavy (non-hydrogen) atoms. The second kappa shape index (κ2) is 6.35. The molecule has 0 fully saturated rings. The van der Waals surface area contributed by atoms with Crippen molar-refractivity contribution < 1.29 is 0 Å². The van der Waals surface area contributed by atoms with Crippen molar-refractivity contribution in [2.75, 3.05) is 17.2 Å². The Hall–Kier alpha value is -1.62. The van der Waals surface area contributed by atoms with E-state index in [4.69, 9.17) is 0 Å². The number of aryl methyl sites for hydroxylation is 1. The first-order valence-electron chi connectivity index (χ1n) is 6.13. The lowest BCUT2D eigenvalue weighted by Gasteiger charge is -2.07. The molecular formula is C13H18N4S. The van der Waals surface area contributed by atoms with Crippen LogP contribution in [-0.2, 0) is 6.54 Å². The minimum absolute atomic E-state index is 0.808. The Kier molecular flexibility index (Phi) is 4.52. The first-order valence-corrected chi connectivity index (χ1v) is 6.94. The van der Waals surface area contributed by atoms with E-state index in [1.54, 1.807) is 11.3 Å². The SMILES string of the molecule is CCCNc1cc(NCc2cnc(C)s2)ccn1. The van der Waals surface area contributed by atoms with Crippen molar-refractivity contribution in [3.05, 3.63) is 34.4 Å². The van der Waals surface area contributed by atoms with Crippen molar-refractivity contribution in [1.82, 2.24) is 9.97 Å². The molecule has 2 aromatic heterocycles. The molecule has 0 saturated carbocycles. The van der Waals surface area contributed by atoms with Crippen LogP contribution in [0, 0.1) is 6.92 Å². The summed E-state index contributed by atoms with van der Waals surface area (Å²) >= 11 is 1.72. The van der Waals surface area contributed by atoms with Gasteiger partial charge >= 0.3 is 0 Å². The second-order valence-corrected chi connectivity index (χ2v) is 5.38. The highest BCUT2D eigenvalue weighted by Gasteiger charge is 1.99. The Morgan fingerprint density at radius 3 is 2.89 bits per heavy atom. The third-order valence-corrected chi connectivity index (χ3v) is 3.36. The molecule has 5 heteroatoms. The zero-order valence-corrected chi connectivity index (χ0v) is 11.5. The smallest absolute Gasteiger partial charge is 0.127 e. The number of nitrogens with zero attached hydrogens (tertiary/aromatic N) is 2. The van der Waals surface area contributed by atoms with Gasteiger partial charge in [-0.3, -0.25) is 0 Å². The summed E-state index contributed by atoms with van der Waals surface area (Å²) in [4.78, 5) is 9.76. The van der Waals surface area contributed by atoms with Gasteiger partial charge in [0.1, 0.15) is 5.82 Å². The van der Waals surface area contributed by atoms with Crippen LogP contribution in [0.25, 0.3) is 0 Å². The van der Waals surface area contributed by atoms with Gasteiger partial charge in [-0.1, -0.05) is 6.92 Å². The van der Waals surface area contributed by atoms with E-state index >= 15 is 0 Å². The van der Waals surface area contributed by atoms with Gasteiger partial charge in [-0.05, 0) is 19.4 Å². The fraction of sp³-hybridized carbons (Fsp3) is 0.385. The summed E-state index contributed by atoms with van der Waals surface area (Å²) in [5.74, 6) is 0.919. The molecule has 2 N–H and O–H groups in total. The Morgan fingerprint density at radius 2 is 2.17 bits per heavy atom. The van der Waals surface area contributed by atoms with E-state index in [9.17, 15) is 0 Å². The molecule has 0 aliphatic rings. The van der Waals surface area contributed by atoms with Crippen molar-refractivity contribution in [1.29, 1.82) is 0 Å². The highest BCUT2D eigenvalue weighted by Crippen LogP contribution is 2.16. The molecule has 0 unspecified atom stereocenters. The van der Waals surface area contributed by atoms with Gasteiger partial charge in [-0.15, -0.1) is 11.3 Å². The first-order chi connectivity index (χ1) is 8.78. The molecule has 2 aromatic rings. The molecule has 0 spiro atoms.